The summed E-state index contributed by atoms with van der Waals surface area (Å²) in [6.07, 6.45) is 2.06. The van der Waals surface area contributed by atoms with Crippen molar-refractivity contribution in [3.8, 4) is 11.4 Å². The zero-order valence-electron chi connectivity index (χ0n) is 22.9. The van der Waals surface area contributed by atoms with Crippen LogP contribution < -0.4 is 10.6 Å². The van der Waals surface area contributed by atoms with Gasteiger partial charge in [-0.15, -0.1) is 0 Å². The third kappa shape index (κ3) is 5.14. The average molecular weight is 562 g/mol. The summed E-state index contributed by atoms with van der Waals surface area (Å²) in [5.74, 6) is 0.156. The second kappa shape index (κ2) is 11.1. The van der Waals surface area contributed by atoms with Gasteiger partial charge in [-0.2, -0.15) is 0 Å². The number of pyridine rings is 1. The Morgan fingerprint density at radius 3 is 2.54 bits per heavy atom. The SMILES string of the molecule is Cc1cc([C@H]2[C@@H](c3ccccn3)NC(=S)N2CCC(=O)Nc2cccc3ccccc23)c(C)n1-c1ccc(O)cc1. The van der Waals surface area contributed by atoms with Gasteiger partial charge in [0.05, 0.1) is 17.8 Å². The second-order valence-electron chi connectivity index (χ2n) is 10.3. The number of hydrogen-bond acceptors (Lipinski definition) is 4. The van der Waals surface area contributed by atoms with Crippen LogP contribution >= 0.6 is 12.2 Å². The summed E-state index contributed by atoms with van der Waals surface area (Å²) < 4.78 is 2.18. The Hall–Kier alpha value is -4.69. The molecule has 1 aliphatic rings. The van der Waals surface area contributed by atoms with Crippen LogP contribution in [-0.4, -0.2) is 37.1 Å². The lowest BCUT2D eigenvalue weighted by Crippen LogP contribution is -2.33. The third-order valence-electron chi connectivity index (χ3n) is 7.74. The number of aryl methyl sites for hydroxylation is 1. The Bertz CT molecular complexity index is 1730. The Morgan fingerprint density at radius 2 is 1.76 bits per heavy atom. The number of hydrogen-bond donors (Lipinski definition) is 3. The third-order valence-corrected chi connectivity index (χ3v) is 8.09. The number of anilines is 1. The van der Waals surface area contributed by atoms with E-state index in [1.165, 1.54) is 0 Å². The molecule has 5 aromatic rings. The quantitative estimate of drug-likeness (QED) is 0.201. The van der Waals surface area contributed by atoms with Crippen molar-refractivity contribution in [3.05, 3.63) is 120 Å². The van der Waals surface area contributed by atoms with Crippen molar-refractivity contribution in [1.29, 1.82) is 0 Å². The number of phenolic OH excluding ortho intramolecular Hbond substituents is 1. The van der Waals surface area contributed by atoms with Crippen molar-refractivity contribution in [3.63, 3.8) is 0 Å². The monoisotopic (exact) mass is 561 g/mol. The molecular weight excluding hydrogens is 530 g/mol. The molecule has 0 bridgehead atoms. The van der Waals surface area contributed by atoms with E-state index in [1.807, 2.05) is 72.8 Å². The van der Waals surface area contributed by atoms with Gasteiger partial charge in [-0.05, 0) is 85.5 Å². The summed E-state index contributed by atoms with van der Waals surface area (Å²) in [5.41, 5.74) is 5.89. The van der Waals surface area contributed by atoms with Gasteiger partial charge in [-0.1, -0.05) is 42.5 Å². The van der Waals surface area contributed by atoms with Crippen molar-refractivity contribution < 1.29 is 9.90 Å². The molecule has 1 saturated heterocycles. The van der Waals surface area contributed by atoms with Gasteiger partial charge in [-0.25, -0.2) is 0 Å². The molecular formula is C33H31N5O2S. The highest BCUT2D eigenvalue weighted by molar-refractivity contribution is 7.80. The van der Waals surface area contributed by atoms with Crippen molar-refractivity contribution in [1.82, 2.24) is 19.8 Å². The van der Waals surface area contributed by atoms with Crippen LogP contribution in [-0.2, 0) is 4.79 Å². The van der Waals surface area contributed by atoms with E-state index < -0.39 is 0 Å². The highest BCUT2D eigenvalue weighted by Crippen LogP contribution is 2.41. The molecule has 1 fully saturated rings. The molecule has 2 aromatic heterocycles. The van der Waals surface area contributed by atoms with Crippen molar-refractivity contribution in [2.75, 3.05) is 11.9 Å². The number of thiocarbonyl (C=S) groups is 1. The molecule has 6 rings (SSSR count). The molecule has 0 spiro atoms. The molecule has 8 heteroatoms. The molecule has 7 nitrogen and oxygen atoms in total. The summed E-state index contributed by atoms with van der Waals surface area (Å²) >= 11 is 5.85. The number of nitrogens with zero attached hydrogens (tertiary/aromatic N) is 3. The van der Waals surface area contributed by atoms with E-state index in [9.17, 15) is 9.90 Å². The van der Waals surface area contributed by atoms with Crippen molar-refractivity contribution in [2.45, 2.75) is 32.4 Å². The van der Waals surface area contributed by atoms with E-state index in [1.54, 1.807) is 18.3 Å². The number of phenols is 1. The summed E-state index contributed by atoms with van der Waals surface area (Å²) in [6.45, 7) is 4.61. The van der Waals surface area contributed by atoms with Gasteiger partial charge in [-0.3, -0.25) is 9.78 Å². The Balaban J connectivity index is 1.31. The molecule has 3 N–H and O–H groups in total. The molecule has 2 atom stereocenters. The molecule has 3 heterocycles. The summed E-state index contributed by atoms with van der Waals surface area (Å²) in [4.78, 5) is 20.0. The highest BCUT2D eigenvalue weighted by atomic mass is 32.1. The van der Waals surface area contributed by atoms with Crippen LogP contribution in [0.4, 0.5) is 5.69 Å². The van der Waals surface area contributed by atoms with Gasteiger partial charge in [0.25, 0.3) is 0 Å². The van der Waals surface area contributed by atoms with Gasteiger partial charge in [0.1, 0.15) is 5.75 Å². The van der Waals surface area contributed by atoms with Gasteiger partial charge in [0.15, 0.2) is 5.11 Å². The number of amides is 1. The first-order valence-corrected chi connectivity index (χ1v) is 14.1. The first kappa shape index (κ1) is 26.5. The van der Waals surface area contributed by atoms with Crippen LogP contribution in [0.2, 0.25) is 0 Å². The summed E-state index contributed by atoms with van der Waals surface area (Å²) in [5, 5.41) is 19.1. The molecule has 0 radical (unpaired) electrons. The van der Waals surface area contributed by atoms with E-state index >= 15 is 0 Å². The first-order valence-electron chi connectivity index (χ1n) is 13.6. The van der Waals surface area contributed by atoms with Crippen LogP contribution in [0.25, 0.3) is 16.5 Å². The maximum Gasteiger partial charge on any atom is 0.226 e. The normalized spacial score (nSPS) is 16.6. The second-order valence-corrected chi connectivity index (χ2v) is 10.7. The van der Waals surface area contributed by atoms with Crippen LogP contribution in [0.5, 0.6) is 5.75 Å². The van der Waals surface area contributed by atoms with Gasteiger partial charge < -0.3 is 25.2 Å². The first-order chi connectivity index (χ1) is 19.9. The smallest absolute Gasteiger partial charge is 0.226 e. The minimum atomic E-state index is -0.182. The lowest BCUT2D eigenvalue weighted by atomic mass is 9.96. The van der Waals surface area contributed by atoms with Gasteiger partial charge in [0.2, 0.25) is 5.91 Å². The Morgan fingerprint density at radius 1 is 1.00 bits per heavy atom. The number of aromatic nitrogens is 2. The standard InChI is InChI=1S/C33H31N5O2S/c1-21-20-27(22(2)38(21)24-13-15-25(39)16-14-24)32-31(29-11-5-6-18-34-29)36-33(41)37(32)19-17-30(40)35-28-12-7-9-23-8-3-4-10-26(23)28/h3-16,18,20,31-32,39H,17,19H2,1-2H3,(H,35,40)(H,36,41)/t31-,32+/m1/s1. The molecule has 41 heavy (non-hydrogen) atoms. The summed E-state index contributed by atoms with van der Waals surface area (Å²) in [6, 6.07) is 28.9. The molecule has 0 aliphatic carbocycles. The van der Waals surface area contributed by atoms with E-state index in [0.717, 1.165) is 44.8 Å². The number of nitrogens with one attached hydrogen (secondary N) is 2. The van der Waals surface area contributed by atoms with Crippen LogP contribution in [0.15, 0.2) is 97.2 Å². The zero-order chi connectivity index (χ0) is 28.5. The lowest BCUT2D eigenvalue weighted by molar-refractivity contribution is -0.116. The number of carbonyl (C=O) groups excluding carboxylic acids is 1. The fourth-order valence-corrected chi connectivity index (χ4v) is 6.17. The fraction of sp³-hybridized carbons (Fsp3) is 0.182. The number of benzene rings is 3. The predicted molar refractivity (Wildman–Crippen MR) is 166 cm³/mol. The summed E-state index contributed by atoms with van der Waals surface area (Å²) in [7, 11) is 0. The van der Waals surface area contributed by atoms with E-state index in [4.69, 9.17) is 12.2 Å². The molecule has 3 aromatic carbocycles. The maximum absolute atomic E-state index is 13.2. The Labute approximate surface area is 244 Å². The van der Waals surface area contributed by atoms with E-state index in [-0.39, 0.29) is 30.2 Å². The largest absolute Gasteiger partial charge is 0.508 e. The maximum atomic E-state index is 13.2. The highest BCUT2D eigenvalue weighted by Gasteiger charge is 2.41. The fourth-order valence-electron chi connectivity index (χ4n) is 5.84. The number of rotatable bonds is 7. The molecule has 206 valence electrons. The molecule has 1 amide bonds. The Kier molecular flexibility index (Phi) is 7.15. The number of fused-ring (bicyclic) bond motifs is 1. The molecule has 1 aliphatic heterocycles. The van der Waals surface area contributed by atoms with Crippen LogP contribution in [0, 0.1) is 13.8 Å². The topological polar surface area (TPSA) is 82.4 Å². The van der Waals surface area contributed by atoms with Crippen molar-refractivity contribution in [2.24, 2.45) is 0 Å². The molecule has 0 unspecified atom stereocenters. The number of carbonyl (C=O) groups is 1. The minimum absolute atomic E-state index is 0.0706. The van der Waals surface area contributed by atoms with E-state index in [2.05, 4.69) is 45.0 Å². The van der Waals surface area contributed by atoms with Gasteiger partial charge >= 0.3 is 0 Å². The minimum Gasteiger partial charge on any atom is -0.508 e. The zero-order valence-corrected chi connectivity index (χ0v) is 23.7. The number of aromatic hydroxyl groups is 1. The van der Waals surface area contributed by atoms with Gasteiger partial charge in [0, 0.05) is 47.3 Å². The lowest BCUT2D eigenvalue weighted by Gasteiger charge is -2.28. The van der Waals surface area contributed by atoms with Crippen LogP contribution in [0.3, 0.4) is 0 Å². The van der Waals surface area contributed by atoms with E-state index in [0.29, 0.717) is 11.7 Å². The predicted octanol–water partition coefficient (Wildman–Crippen LogP) is 6.35. The van der Waals surface area contributed by atoms with Crippen LogP contribution in [0.1, 0.15) is 41.1 Å². The molecule has 0 saturated carbocycles. The average Bonchev–Trinajstić information content (AvgIpc) is 3.47. The van der Waals surface area contributed by atoms with Crippen molar-refractivity contribution >= 4 is 39.7 Å².